The summed E-state index contributed by atoms with van der Waals surface area (Å²) in [6.07, 6.45) is 6.15. The molecule has 0 bridgehead atoms. The molecule has 0 fully saturated rings. The van der Waals surface area contributed by atoms with E-state index in [1.807, 2.05) is 49.4 Å². The van der Waals surface area contributed by atoms with Gasteiger partial charge < -0.3 is 9.15 Å². The first-order valence-electron chi connectivity index (χ1n) is 8.83. The van der Waals surface area contributed by atoms with Crippen molar-refractivity contribution in [3.63, 3.8) is 0 Å². The highest BCUT2D eigenvalue weighted by atomic mass is 16.5. The van der Waals surface area contributed by atoms with Gasteiger partial charge in [-0.1, -0.05) is 55.7 Å². The second-order valence-electron chi connectivity index (χ2n) is 6.23. The molecule has 0 spiro atoms. The second kappa shape index (κ2) is 8.37. The maximum absolute atomic E-state index is 12.1. The average molecular weight is 358 g/mol. The molecule has 3 nitrogen and oxygen atoms in total. The molecule has 0 saturated carbocycles. The molecule has 3 heteroatoms. The molecule has 0 saturated heterocycles. The molecule has 1 aromatic heterocycles. The minimum absolute atomic E-state index is 0.374. The first kappa shape index (κ1) is 18.5. The van der Waals surface area contributed by atoms with Gasteiger partial charge in [-0.25, -0.2) is 4.79 Å². The van der Waals surface area contributed by atoms with Crippen molar-refractivity contribution >= 4 is 11.0 Å². The van der Waals surface area contributed by atoms with E-state index in [-0.39, 0.29) is 5.63 Å². The number of rotatable bonds is 7. The number of allylic oxidation sites excluding steroid dienone is 3. The fourth-order valence-electron chi connectivity index (χ4n) is 3.02. The molecule has 0 aliphatic rings. The molecule has 1 heterocycles. The van der Waals surface area contributed by atoms with Crippen molar-refractivity contribution in [1.82, 2.24) is 0 Å². The summed E-state index contributed by atoms with van der Waals surface area (Å²) >= 11 is 0. The Kier molecular flexibility index (Phi) is 5.72. The lowest BCUT2D eigenvalue weighted by Gasteiger charge is -2.11. The third-order valence-electron chi connectivity index (χ3n) is 4.40. The zero-order valence-electron chi connectivity index (χ0n) is 15.4. The third kappa shape index (κ3) is 4.26. The Bertz CT molecular complexity index is 1070. The summed E-state index contributed by atoms with van der Waals surface area (Å²) in [5.74, 6) is 0.662. The van der Waals surface area contributed by atoms with Crippen molar-refractivity contribution in [3.05, 3.63) is 101 Å². The fourth-order valence-corrected chi connectivity index (χ4v) is 3.02. The number of benzene rings is 2. The lowest BCUT2D eigenvalue weighted by molar-refractivity contribution is 0.322. The van der Waals surface area contributed by atoms with Gasteiger partial charge in [0.25, 0.3) is 0 Å². The monoisotopic (exact) mass is 358 g/mol. The molecule has 0 aliphatic heterocycles. The number of aryl methyl sites for hydroxylation is 1. The fraction of sp³-hybridized carbons (Fsp3) is 0.125. The Morgan fingerprint density at radius 3 is 2.67 bits per heavy atom. The van der Waals surface area contributed by atoms with E-state index in [2.05, 4.69) is 13.2 Å². The van der Waals surface area contributed by atoms with Gasteiger partial charge in [0.2, 0.25) is 0 Å². The molecular formula is C24H22O3. The van der Waals surface area contributed by atoms with Crippen molar-refractivity contribution in [3.8, 4) is 16.9 Å². The van der Waals surface area contributed by atoms with Crippen LogP contribution in [0.2, 0.25) is 0 Å². The van der Waals surface area contributed by atoms with E-state index in [0.29, 0.717) is 17.9 Å². The van der Waals surface area contributed by atoms with E-state index >= 15 is 0 Å². The normalized spacial score (nSPS) is 11.4. The van der Waals surface area contributed by atoms with Gasteiger partial charge in [-0.2, -0.15) is 0 Å². The van der Waals surface area contributed by atoms with Crippen molar-refractivity contribution in [1.29, 1.82) is 0 Å². The molecule has 0 aliphatic carbocycles. The highest BCUT2D eigenvalue weighted by molar-refractivity contribution is 5.94. The van der Waals surface area contributed by atoms with Crippen LogP contribution in [0.5, 0.6) is 5.75 Å². The quantitative estimate of drug-likeness (QED) is 0.394. The van der Waals surface area contributed by atoms with Gasteiger partial charge in [0, 0.05) is 29.5 Å². The molecule has 0 unspecified atom stereocenters. The van der Waals surface area contributed by atoms with Crippen LogP contribution in [0.3, 0.4) is 0 Å². The summed E-state index contributed by atoms with van der Waals surface area (Å²) in [6.45, 7) is 10.00. The summed E-state index contributed by atoms with van der Waals surface area (Å²) in [7, 11) is 0. The summed E-state index contributed by atoms with van der Waals surface area (Å²) < 4.78 is 11.2. The van der Waals surface area contributed by atoms with Crippen LogP contribution in [0.1, 0.15) is 12.0 Å². The molecule has 2 aromatic carbocycles. The Labute approximate surface area is 158 Å². The van der Waals surface area contributed by atoms with Crippen LogP contribution in [0, 0.1) is 6.92 Å². The van der Waals surface area contributed by atoms with Gasteiger partial charge in [-0.3, -0.25) is 0 Å². The predicted molar refractivity (Wildman–Crippen MR) is 111 cm³/mol. The summed E-state index contributed by atoms with van der Waals surface area (Å²) in [4.78, 5) is 12.1. The van der Waals surface area contributed by atoms with Gasteiger partial charge in [0.05, 0.1) is 6.61 Å². The molecule has 3 aromatic rings. The van der Waals surface area contributed by atoms with Crippen LogP contribution < -0.4 is 10.4 Å². The molecule has 27 heavy (non-hydrogen) atoms. The van der Waals surface area contributed by atoms with Crippen LogP contribution >= 0.6 is 0 Å². The Morgan fingerprint density at radius 2 is 1.93 bits per heavy atom. The minimum Gasteiger partial charge on any atom is -0.493 e. The lowest BCUT2D eigenvalue weighted by Crippen LogP contribution is -2.01. The third-order valence-corrected chi connectivity index (χ3v) is 4.40. The zero-order valence-corrected chi connectivity index (χ0v) is 15.4. The Balaban J connectivity index is 1.91. The van der Waals surface area contributed by atoms with Gasteiger partial charge in [0.15, 0.2) is 0 Å². The van der Waals surface area contributed by atoms with E-state index in [9.17, 15) is 4.79 Å². The Hall–Kier alpha value is -3.33. The van der Waals surface area contributed by atoms with Crippen molar-refractivity contribution in [2.45, 2.75) is 13.3 Å². The number of fused-ring (bicyclic) bond motifs is 1. The SMILES string of the molecule is C=C/C=C(\C=C)CCOc1ccc2c(-c3ccccc3C)cc(=O)oc2c1. The van der Waals surface area contributed by atoms with E-state index in [1.165, 1.54) is 0 Å². The largest absolute Gasteiger partial charge is 0.493 e. The first-order chi connectivity index (χ1) is 13.1. The van der Waals surface area contributed by atoms with E-state index in [4.69, 9.17) is 9.15 Å². The summed E-state index contributed by atoms with van der Waals surface area (Å²) in [5, 5.41) is 0.884. The maximum Gasteiger partial charge on any atom is 0.336 e. The highest BCUT2D eigenvalue weighted by Gasteiger charge is 2.10. The summed E-state index contributed by atoms with van der Waals surface area (Å²) in [5.41, 5.74) is 4.20. The van der Waals surface area contributed by atoms with Crippen LogP contribution in [-0.2, 0) is 0 Å². The molecule has 3 rings (SSSR count). The van der Waals surface area contributed by atoms with Crippen LogP contribution in [0.4, 0.5) is 0 Å². The van der Waals surface area contributed by atoms with Gasteiger partial charge in [-0.05, 0) is 35.8 Å². The number of hydrogen-bond acceptors (Lipinski definition) is 3. The van der Waals surface area contributed by atoms with Gasteiger partial charge in [0.1, 0.15) is 11.3 Å². The van der Waals surface area contributed by atoms with Crippen LogP contribution in [0.25, 0.3) is 22.1 Å². The van der Waals surface area contributed by atoms with E-state index in [0.717, 1.165) is 34.1 Å². The summed E-state index contributed by atoms with van der Waals surface area (Å²) in [6, 6.07) is 15.1. The molecule has 136 valence electrons. The number of hydrogen-bond donors (Lipinski definition) is 0. The van der Waals surface area contributed by atoms with Gasteiger partial charge in [-0.15, -0.1) is 0 Å². The van der Waals surface area contributed by atoms with Crippen LogP contribution in [-0.4, -0.2) is 6.61 Å². The smallest absolute Gasteiger partial charge is 0.336 e. The predicted octanol–water partition coefficient (Wildman–Crippen LogP) is 5.84. The molecular weight excluding hydrogens is 336 g/mol. The first-order valence-corrected chi connectivity index (χ1v) is 8.83. The van der Waals surface area contributed by atoms with Crippen molar-refractivity contribution in [2.75, 3.05) is 6.61 Å². The molecule has 0 N–H and O–H groups in total. The minimum atomic E-state index is -0.374. The molecule has 0 radical (unpaired) electrons. The van der Waals surface area contributed by atoms with Gasteiger partial charge >= 0.3 is 5.63 Å². The highest BCUT2D eigenvalue weighted by Crippen LogP contribution is 2.31. The van der Waals surface area contributed by atoms with Crippen molar-refractivity contribution < 1.29 is 9.15 Å². The van der Waals surface area contributed by atoms with Crippen molar-refractivity contribution in [2.24, 2.45) is 0 Å². The second-order valence-corrected chi connectivity index (χ2v) is 6.23. The maximum atomic E-state index is 12.1. The van der Waals surface area contributed by atoms with E-state index in [1.54, 1.807) is 24.3 Å². The molecule has 0 amide bonds. The zero-order chi connectivity index (χ0) is 19.2. The average Bonchev–Trinajstić information content (AvgIpc) is 2.67. The number of ether oxygens (including phenoxy) is 1. The topological polar surface area (TPSA) is 39.4 Å². The van der Waals surface area contributed by atoms with Crippen LogP contribution in [0.15, 0.2) is 94.7 Å². The van der Waals surface area contributed by atoms with E-state index < -0.39 is 0 Å². The molecule has 0 atom stereocenters. The Morgan fingerprint density at radius 1 is 1.11 bits per heavy atom. The lowest BCUT2D eigenvalue weighted by atomic mass is 9.98. The standard InChI is InChI=1S/C24H22O3/c1-4-8-18(5-2)13-14-26-19-11-12-21-22(16-24(25)27-23(21)15-19)20-10-7-6-9-17(20)3/h4-12,15-16H,1-2,13-14H2,3H3/b18-8+.